The molecule has 2 N–H and O–H groups in total. The summed E-state index contributed by atoms with van der Waals surface area (Å²) in [6.07, 6.45) is 2.34. The van der Waals surface area contributed by atoms with Gasteiger partial charge in [-0.1, -0.05) is 0 Å². The second kappa shape index (κ2) is 9.00. The molecular weight excluding hydrogens is 214 g/mol. The molecule has 5 heteroatoms. The summed E-state index contributed by atoms with van der Waals surface area (Å²) in [4.78, 5) is 11.0. The fraction of sp³-hybridized carbons (Fsp3) is 0.900. The van der Waals surface area contributed by atoms with Crippen LogP contribution in [0.2, 0.25) is 0 Å². The van der Waals surface area contributed by atoms with E-state index in [1.165, 1.54) is 0 Å². The van der Waals surface area contributed by atoms with Crippen LogP contribution in [0.3, 0.4) is 0 Å². The van der Waals surface area contributed by atoms with Crippen molar-refractivity contribution >= 4 is 17.7 Å². The number of rotatable bonds is 8. The summed E-state index contributed by atoms with van der Waals surface area (Å²) in [6, 6.07) is 0.194. The van der Waals surface area contributed by atoms with Gasteiger partial charge in [0.25, 0.3) is 0 Å². The molecule has 0 radical (unpaired) electrons. The van der Waals surface area contributed by atoms with Gasteiger partial charge < -0.3 is 15.2 Å². The van der Waals surface area contributed by atoms with Crippen LogP contribution in [-0.4, -0.2) is 48.4 Å². The van der Waals surface area contributed by atoms with Gasteiger partial charge in [-0.3, -0.25) is 4.79 Å². The number of aliphatic hydroxyl groups excluding tert-OH is 1. The van der Waals surface area contributed by atoms with Crippen LogP contribution in [0.15, 0.2) is 0 Å². The summed E-state index contributed by atoms with van der Waals surface area (Å²) in [6.45, 7) is 4.97. The molecule has 0 amide bonds. The van der Waals surface area contributed by atoms with Gasteiger partial charge in [-0.25, -0.2) is 0 Å². The minimum Gasteiger partial charge on any atom is -0.466 e. The SMILES string of the molecule is CCOC(=O)CCNC(C)C(CO)SC. The Labute approximate surface area is 95.8 Å². The first-order valence-electron chi connectivity index (χ1n) is 5.18. The summed E-state index contributed by atoms with van der Waals surface area (Å²) in [5.41, 5.74) is 0. The Kier molecular flexibility index (Phi) is 8.85. The standard InChI is InChI=1S/C10H21NO3S/c1-4-14-10(13)5-6-11-8(2)9(7-12)15-3/h8-9,11-12H,4-7H2,1-3H3. The monoisotopic (exact) mass is 235 g/mol. The fourth-order valence-corrected chi connectivity index (χ4v) is 1.86. The van der Waals surface area contributed by atoms with E-state index in [0.29, 0.717) is 19.6 Å². The van der Waals surface area contributed by atoms with Gasteiger partial charge in [0.1, 0.15) is 0 Å². The maximum atomic E-state index is 11.0. The van der Waals surface area contributed by atoms with Crippen LogP contribution in [0.5, 0.6) is 0 Å². The number of ether oxygens (including phenoxy) is 1. The van der Waals surface area contributed by atoms with Crippen molar-refractivity contribution in [3.63, 3.8) is 0 Å². The maximum absolute atomic E-state index is 11.0. The topological polar surface area (TPSA) is 58.6 Å². The van der Waals surface area contributed by atoms with E-state index in [9.17, 15) is 4.79 Å². The van der Waals surface area contributed by atoms with Crippen molar-refractivity contribution in [2.45, 2.75) is 31.6 Å². The molecule has 2 atom stereocenters. The smallest absolute Gasteiger partial charge is 0.307 e. The molecule has 0 aliphatic carbocycles. The van der Waals surface area contributed by atoms with Crippen molar-refractivity contribution in [2.75, 3.05) is 26.0 Å². The van der Waals surface area contributed by atoms with Crippen LogP contribution >= 0.6 is 11.8 Å². The molecule has 90 valence electrons. The highest BCUT2D eigenvalue weighted by Crippen LogP contribution is 2.09. The number of hydrogen-bond acceptors (Lipinski definition) is 5. The zero-order valence-corrected chi connectivity index (χ0v) is 10.5. The highest BCUT2D eigenvalue weighted by molar-refractivity contribution is 7.99. The zero-order valence-electron chi connectivity index (χ0n) is 9.66. The molecule has 0 aliphatic rings. The van der Waals surface area contributed by atoms with E-state index in [1.54, 1.807) is 18.7 Å². The molecule has 0 saturated carbocycles. The van der Waals surface area contributed by atoms with Crippen LogP contribution in [0, 0.1) is 0 Å². The predicted octanol–water partition coefficient (Wildman–Crippen LogP) is 0.642. The average Bonchev–Trinajstić information content (AvgIpc) is 2.20. The van der Waals surface area contributed by atoms with Crippen molar-refractivity contribution in [2.24, 2.45) is 0 Å². The molecule has 0 aromatic carbocycles. The summed E-state index contributed by atoms with van der Waals surface area (Å²) in [5.74, 6) is -0.179. The van der Waals surface area contributed by atoms with E-state index in [2.05, 4.69) is 5.32 Å². The number of hydrogen-bond donors (Lipinski definition) is 2. The van der Waals surface area contributed by atoms with Gasteiger partial charge in [-0.15, -0.1) is 0 Å². The third-order valence-electron chi connectivity index (χ3n) is 2.14. The Morgan fingerprint density at radius 2 is 2.27 bits per heavy atom. The summed E-state index contributed by atoms with van der Waals surface area (Å²) < 4.78 is 4.80. The number of aliphatic hydroxyl groups is 1. The quantitative estimate of drug-likeness (QED) is 0.605. The minimum atomic E-state index is -0.179. The Hall–Kier alpha value is -0.260. The highest BCUT2D eigenvalue weighted by Gasteiger charge is 2.14. The molecule has 15 heavy (non-hydrogen) atoms. The third-order valence-corrected chi connectivity index (χ3v) is 3.30. The largest absolute Gasteiger partial charge is 0.466 e. The molecule has 0 spiro atoms. The molecular formula is C10H21NO3S. The van der Waals surface area contributed by atoms with Crippen molar-refractivity contribution < 1.29 is 14.6 Å². The second-order valence-corrected chi connectivity index (χ2v) is 4.33. The number of nitrogens with one attached hydrogen (secondary N) is 1. The molecule has 0 aromatic rings. The number of thioether (sulfide) groups is 1. The predicted molar refractivity (Wildman–Crippen MR) is 63.1 cm³/mol. The van der Waals surface area contributed by atoms with Crippen molar-refractivity contribution in [1.82, 2.24) is 5.32 Å². The second-order valence-electron chi connectivity index (χ2n) is 3.25. The lowest BCUT2D eigenvalue weighted by molar-refractivity contribution is -0.142. The lowest BCUT2D eigenvalue weighted by Crippen LogP contribution is -2.38. The molecule has 0 heterocycles. The van der Waals surface area contributed by atoms with Crippen molar-refractivity contribution in [3.05, 3.63) is 0 Å². The molecule has 0 fully saturated rings. The number of carbonyl (C=O) groups is 1. The lowest BCUT2D eigenvalue weighted by Gasteiger charge is -2.21. The first kappa shape index (κ1) is 14.7. The van der Waals surface area contributed by atoms with E-state index < -0.39 is 0 Å². The number of carbonyl (C=O) groups excluding carboxylic acids is 1. The van der Waals surface area contributed by atoms with E-state index in [4.69, 9.17) is 9.84 Å². The summed E-state index contributed by atoms with van der Waals surface area (Å²) >= 11 is 1.62. The first-order valence-corrected chi connectivity index (χ1v) is 6.47. The molecule has 0 aromatic heterocycles. The molecule has 0 aliphatic heterocycles. The van der Waals surface area contributed by atoms with Crippen LogP contribution in [0.1, 0.15) is 20.3 Å². The van der Waals surface area contributed by atoms with Gasteiger partial charge in [0, 0.05) is 17.8 Å². The van der Waals surface area contributed by atoms with Gasteiger partial charge in [0.15, 0.2) is 0 Å². The van der Waals surface area contributed by atoms with Gasteiger partial charge in [-0.2, -0.15) is 11.8 Å². The van der Waals surface area contributed by atoms with E-state index >= 15 is 0 Å². The van der Waals surface area contributed by atoms with Gasteiger partial charge in [0.05, 0.1) is 19.6 Å². The van der Waals surface area contributed by atoms with Crippen LogP contribution in [-0.2, 0) is 9.53 Å². The first-order chi connectivity index (χ1) is 7.15. The summed E-state index contributed by atoms with van der Waals surface area (Å²) in [5, 5.41) is 12.4. The van der Waals surface area contributed by atoms with Gasteiger partial charge in [-0.05, 0) is 20.1 Å². The van der Waals surface area contributed by atoms with Crippen LogP contribution in [0.25, 0.3) is 0 Å². The Morgan fingerprint density at radius 1 is 1.60 bits per heavy atom. The Bertz CT molecular complexity index is 174. The molecule has 0 bridgehead atoms. The maximum Gasteiger partial charge on any atom is 0.307 e. The zero-order chi connectivity index (χ0) is 11.7. The average molecular weight is 235 g/mol. The Morgan fingerprint density at radius 3 is 2.73 bits per heavy atom. The van der Waals surface area contributed by atoms with Crippen LogP contribution < -0.4 is 5.32 Å². The van der Waals surface area contributed by atoms with Crippen LogP contribution in [0.4, 0.5) is 0 Å². The molecule has 0 saturated heterocycles. The highest BCUT2D eigenvalue weighted by atomic mass is 32.2. The molecule has 0 rings (SSSR count). The minimum absolute atomic E-state index is 0.148. The van der Waals surface area contributed by atoms with Gasteiger partial charge >= 0.3 is 5.97 Å². The van der Waals surface area contributed by atoms with Crippen molar-refractivity contribution in [1.29, 1.82) is 0 Å². The van der Waals surface area contributed by atoms with Gasteiger partial charge in [0.2, 0.25) is 0 Å². The lowest BCUT2D eigenvalue weighted by atomic mass is 10.2. The molecule has 2 unspecified atom stereocenters. The summed E-state index contributed by atoms with van der Waals surface area (Å²) in [7, 11) is 0. The van der Waals surface area contributed by atoms with E-state index in [0.717, 1.165) is 0 Å². The van der Waals surface area contributed by atoms with E-state index in [-0.39, 0.29) is 23.9 Å². The third kappa shape index (κ3) is 6.76. The Balaban J connectivity index is 3.61. The number of esters is 1. The molecule has 4 nitrogen and oxygen atoms in total. The van der Waals surface area contributed by atoms with Crippen molar-refractivity contribution in [3.8, 4) is 0 Å². The van der Waals surface area contributed by atoms with E-state index in [1.807, 2.05) is 13.2 Å². The fourth-order valence-electron chi connectivity index (χ4n) is 1.20. The normalized spacial score (nSPS) is 14.7.